The van der Waals surface area contributed by atoms with Crippen LogP contribution in [0.4, 0.5) is 0 Å². The first-order valence-electron chi connectivity index (χ1n) is 12.3. The summed E-state index contributed by atoms with van der Waals surface area (Å²) in [6.45, 7) is 0.718. The lowest BCUT2D eigenvalue weighted by Crippen LogP contribution is -2.37. The number of rotatable bonds is 8. The van der Waals surface area contributed by atoms with Gasteiger partial charge >= 0.3 is 0 Å². The third kappa shape index (κ3) is 6.12. The summed E-state index contributed by atoms with van der Waals surface area (Å²) >= 11 is 0. The molecule has 4 heteroatoms. The maximum absolute atomic E-state index is 13.3. The van der Waals surface area contributed by atoms with E-state index in [1.54, 1.807) is 0 Å². The summed E-state index contributed by atoms with van der Waals surface area (Å²) in [5.41, 5.74) is 11.4. The molecule has 0 heterocycles. The van der Waals surface area contributed by atoms with E-state index in [2.05, 4.69) is 59.9 Å². The molecule has 3 aromatic carbocycles. The normalized spacial score (nSPS) is 18.6. The molecule has 0 spiro atoms. The van der Waals surface area contributed by atoms with Crippen LogP contribution < -0.4 is 11.1 Å². The van der Waals surface area contributed by atoms with Crippen molar-refractivity contribution in [2.75, 3.05) is 6.54 Å². The molecule has 1 unspecified atom stereocenters. The van der Waals surface area contributed by atoms with Gasteiger partial charge in [0.15, 0.2) is 0 Å². The summed E-state index contributed by atoms with van der Waals surface area (Å²) in [5, 5.41) is 12.3. The lowest BCUT2D eigenvalue weighted by atomic mass is 9.81. The third-order valence-corrected chi connectivity index (χ3v) is 7.01. The molecule has 0 aliphatic heterocycles. The van der Waals surface area contributed by atoms with Crippen LogP contribution in [0.25, 0.3) is 11.1 Å². The zero-order valence-corrected chi connectivity index (χ0v) is 19.6. The number of hydrogen-bond donors (Lipinski definition) is 2. The Bertz CT molecular complexity index is 1110. The van der Waals surface area contributed by atoms with Gasteiger partial charge in [-0.05, 0) is 78.5 Å². The van der Waals surface area contributed by atoms with Crippen molar-refractivity contribution in [3.05, 3.63) is 95.6 Å². The largest absolute Gasteiger partial charge is 0.349 e. The van der Waals surface area contributed by atoms with Crippen molar-refractivity contribution < 1.29 is 4.79 Å². The van der Waals surface area contributed by atoms with E-state index in [-0.39, 0.29) is 17.9 Å². The summed E-state index contributed by atoms with van der Waals surface area (Å²) in [7, 11) is 0. The fourth-order valence-electron chi connectivity index (χ4n) is 4.89. The SMILES string of the molecule is N#CCc1ccc(-c2cccc(C(Cc3ccccc3)NC(=O)C3CCC(CN)CC3)c2)cc1. The first-order chi connectivity index (χ1) is 16.7. The van der Waals surface area contributed by atoms with Gasteiger partial charge in [-0.1, -0.05) is 72.8 Å². The van der Waals surface area contributed by atoms with Crippen molar-refractivity contribution in [3.63, 3.8) is 0 Å². The average molecular weight is 452 g/mol. The van der Waals surface area contributed by atoms with E-state index in [1.165, 1.54) is 5.56 Å². The number of nitrogens with zero attached hydrogens (tertiary/aromatic N) is 1. The Morgan fingerprint density at radius 2 is 1.65 bits per heavy atom. The van der Waals surface area contributed by atoms with E-state index in [0.717, 1.165) is 60.9 Å². The molecule has 174 valence electrons. The number of amides is 1. The van der Waals surface area contributed by atoms with E-state index in [1.807, 2.05) is 30.3 Å². The first kappa shape index (κ1) is 23.7. The van der Waals surface area contributed by atoms with Crippen molar-refractivity contribution >= 4 is 5.91 Å². The van der Waals surface area contributed by atoms with E-state index in [0.29, 0.717) is 12.3 Å². The van der Waals surface area contributed by atoms with Crippen LogP contribution in [0.15, 0.2) is 78.9 Å². The van der Waals surface area contributed by atoms with Gasteiger partial charge in [0.2, 0.25) is 5.91 Å². The molecule has 4 nitrogen and oxygen atoms in total. The zero-order valence-electron chi connectivity index (χ0n) is 19.6. The summed E-state index contributed by atoms with van der Waals surface area (Å²) in [6.07, 6.45) is 5.07. The van der Waals surface area contributed by atoms with Gasteiger partial charge in [0.05, 0.1) is 18.5 Å². The number of carbonyl (C=O) groups excluding carboxylic acids is 1. The molecule has 4 rings (SSSR count). The Labute approximate surface area is 202 Å². The van der Waals surface area contributed by atoms with Gasteiger partial charge in [-0.15, -0.1) is 0 Å². The summed E-state index contributed by atoms with van der Waals surface area (Å²) in [5.74, 6) is 0.778. The minimum absolute atomic E-state index is 0.0666. The Balaban J connectivity index is 1.55. The molecule has 1 aliphatic carbocycles. The second kappa shape index (κ2) is 11.6. The van der Waals surface area contributed by atoms with Crippen LogP contribution in [0.1, 0.15) is 48.4 Å². The summed E-state index contributed by atoms with van der Waals surface area (Å²) < 4.78 is 0. The molecule has 1 amide bonds. The number of hydrogen-bond acceptors (Lipinski definition) is 3. The highest BCUT2D eigenvalue weighted by Gasteiger charge is 2.27. The van der Waals surface area contributed by atoms with Crippen molar-refractivity contribution in [1.82, 2.24) is 5.32 Å². The van der Waals surface area contributed by atoms with Crippen LogP contribution >= 0.6 is 0 Å². The van der Waals surface area contributed by atoms with Crippen LogP contribution in [0.2, 0.25) is 0 Å². The van der Waals surface area contributed by atoms with Crippen LogP contribution in [0.3, 0.4) is 0 Å². The van der Waals surface area contributed by atoms with Gasteiger partial charge in [-0.25, -0.2) is 0 Å². The molecular formula is C30H33N3O. The molecule has 3 N–H and O–H groups in total. The average Bonchev–Trinajstić information content (AvgIpc) is 2.89. The van der Waals surface area contributed by atoms with Gasteiger partial charge in [0.1, 0.15) is 0 Å². The monoisotopic (exact) mass is 451 g/mol. The molecule has 0 aromatic heterocycles. The van der Waals surface area contributed by atoms with Gasteiger partial charge in [-0.2, -0.15) is 5.26 Å². The van der Waals surface area contributed by atoms with E-state index < -0.39 is 0 Å². The molecule has 0 radical (unpaired) electrons. The van der Waals surface area contributed by atoms with Crippen molar-refractivity contribution in [1.29, 1.82) is 5.26 Å². The highest BCUT2D eigenvalue weighted by Crippen LogP contribution is 2.30. The number of carbonyl (C=O) groups is 1. The van der Waals surface area contributed by atoms with Crippen LogP contribution in [-0.2, 0) is 17.6 Å². The Kier molecular flexibility index (Phi) is 8.12. The van der Waals surface area contributed by atoms with Gasteiger partial charge < -0.3 is 11.1 Å². The minimum Gasteiger partial charge on any atom is -0.349 e. The Morgan fingerprint density at radius 1 is 0.912 bits per heavy atom. The van der Waals surface area contributed by atoms with E-state index >= 15 is 0 Å². The van der Waals surface area contributed by atoms with Gasteiger partial charge in [0.25, 0.3) is 0 Å². The highest BCUT2D eigenvalue weighted by molar-refractivity contribution is 5.79. The van der Waals surface area contributed by atoms with Gasteiger partial charge in [-0.3, -0.25) is 4.79 Å². The molecule has 3 aromatic rings. The Morgan fingerprint density at radius 3 is 2.32 bits per heavy atom. The maximum atomic E-state index is 13.3. The molecule has 0 bridgehead atoms. The quantitative estimate of drug-likeness (QED) is 0.469. The van der Waals surface area contributed by atoms with Crippen LogP contribution in [0, 0.1) is 23.2 Å². The molecule has 1 fully saturated rings. The number of benzene rings is 3. The second-order valence-electron chi connectivity index (χ2n) is 9.36. The van der Waals surface area contributed by atoms with Crippen molar-refractivity contribution in [2.45, 2.75) is 44.6 Å². The zero-order chi connectivity index (χ0) is 23.8. The van der Waals surface area contributed by atoms with E-state index in [4.69, 9.17) is 11.0 Å². The molecule has 1 saturated carbocycles. The molecule has 1 atom stereocenters. The summed E-state index contributed by atoms with van der Waals surface area (Å²) in [4.78, 5) is 13.3. The first-order valence-corrected chi connectivity index (χ1v) is 12.3. The van der Waals surface area contributed by atoms with Crippen molar-refractivity contribution in [3.8, 4) is 17.2 Å². The lowest BCUT2D eigenvalue weighted by molar-refractivity contribution is -0.127. The third-order valence-electron chi connectivity index (χ3n) is 7.01. The lowest BCUT2D eigenvalue weighted by Gasteiger charge is -2.29. The Hall–Kier alpha value is -3.42. The minimum atomic E-state index is -0.0973. The summed E-state index contributed by atoms with van der Waals surface area (Å²) in [6, 6.07) is 29.0. The number of nitrogens with two attached hydrogens (primary N) is 1. The predicted molar refractivity (Wildman–Crippen MR) is 137 cm³/mol. The fourth-order valence-corrected chi connectivity index (χ4v) is 4.89. The van der Waals surface area contributed by atoms with E-state index in [9.17, 15) is 4.79 Å². The van der Waals surface area contributed by atoms with Crippen LogP contribution in [-0.4, -0.2) is 12.5 Å². The second-order valence-corrected chi connectivity index (χ2v) is 9.36. The molecule has 0 saturated heterocycles. The van der Waals surface area contributed by atoms with Crippen LogP contribution in [0.5, 0.6) is 0 Å². The predicted octanol–water partition coefficient (Wildman–Crippen LogP) is 5.58. The molecular weight excluding hydrogens is 418 g/mol. The highest BCUT2D eigenvalue weighted by atomic mass is 16.1. The number of nitriles is 1. The smallest absolute Gasteiger partial charge is 0.223 e. The van der Waals surface area contributed by atoms with Crippen molar-refractivity contribution in [2.24, 2.45) is 17.6 Å². The topological polar surface area (TPSA) is 78.9 Å². The molecule has 1 aliphatic rings. The molecule has 34 heavy (non-hydrogen) atoms. The standard InChI is InChI=1S/C30H33N3O/c31-18-17-22-9-13-25(14-10-22)27-7-4-8-28(20-27)29(19-23-5-2-1-3-6-23)33-30(34)26-15-11-24(21-32)12-16-26/h1-10,13-14,20,24,26,29H,11-12,15-17,19,21,32H2,(H,33,34). The maximum Gasteiger partial charge on any atom is 0.223 e. The van der Waals surface area contributed by atoms with Gasteiger partial charge in [0, 0.05) is 5.92 Å². The fraction of sp³-hybridized carbons (Fsp3) is 0.333. The number of nitrogens with one attached hydrogen (secondary N) is 1.